The van der Waals surface area contributed by atoms with Gasteiger partial charge in [0, 0.05) is 11.1 Å². The van der Waals surface area contributed by atoms with Gasteiger partial charge in [-0.15, -0.1) is 5.10 Å². The van der Waals surface area contributed by atoms with E-state index < -0.39 is 29.2 Å². The minimum absolute atomic E-state index is 0.0637. The maximum Gasteiger partial charge on any atom is 0.249 e. The molecule has 0 aliphatic carbocycles. The number of carbonyl (C=O) groups excluding carboxylic acids is 2. The summed E-state index contributed by atoms with van der Waals surface area (Å²) < 4.78 is 27.9. The number of fused-ring (bicyclic) bond motifs is 1. The molecule has 3 aromatic carbocycles. The van der Waals surface area contributed by atoms with Crippen molar-refractivity contribution in [2.45, 2.75) is 45.3 Å². The Morgan fingerprint density at radius 1 is 1.03 bits per heavy atom. The third-order valence-corrected chi connectivity index (χ3v) is 6.67. The zero-order valence-electron chi connectivity index (χ0n) is 22.6. The Hall–Kier alpha value is -4.47. The van der Waals surface area contributed by atoms with Gasteiger partial charge in [0.15, 0.2) is 11.5 Å². The molecule has 204 valence electrons. The van der Waals surface area contributed by atoms with E-state index >= 15 is 4.39 Å². The Bertz CT molecular complexity index is 1490. The van der Waals surface area contributed by atoms with Crippen LogP contribution < -0.4 is 19.7 Å². The molecule has 0 saturated heterocycles. The number of benzene rings is 3. The molecule has 39 heavy (non-hydrogen) atoms. The number of nitrogens with one attached hydrogen (secondary N) is 1. The summed E-state index contributed by atoms with van der Waals surface area (Å²) in [6, 6.07) is 16.8. The number of aromatic nitrogens is 3. The first-order chi connectivity index (χ1) is 18.7. The van der Waals surface area contributed by atoms with Crippen molar-refractivity contribution in [3.63, 3.8) is 0 Å². The number of para-hydroxylation sites is 3. The first-order valence-corrected chi connectivity index (χ1v) is 12.6. The molecule has 0 fully saturated rings. The number of hydrogen-bond acceptors (Lipinski definition) is 6. The Balaban J connectivity index is 1.91. The molecule has 0 unspecified atom stereocenters. The number of rotatable bonds is 10. The maximum absolute atomic E-state index is 15.4. The van der Waals surface area contributed by atoms with Crippen LogP contribution in [0.4, 0.5) is 10.1 Å². The number of nitrogens with zero attached hydrogens (tertiary/aromatic N) is 4. The fraction of sp³-hybridized carbons (Fsp3) is 0.310. The van der Waals surface area contributed by atoms with Crippen LogP contribution >= 0.6 is 0 Å². The Morgan fingerprint density at radius 2 is 1.74 bits per heavy atom. The van der Waals surface area contributed by atoms with Gasteiger partial charge in [-0.25, -0.2) is 9.07 Å². The average molecular weight is 534 g/mol. The van der Waals surface area contributed by atoms with E-state index in [0.29, 0.717) is 28.8 Å². The van der Waals surface area contributed by atoms with Crippen molar-refractivity contribution in [3.05, 3.63) is 78.1 Å². The molecule has 1 aromatic heterocycles. The van der Waals surface area contributed by atoms with Crippen LogP contribution in [0, 0.1) is 5.82 Å². The van der Waals surface area contributed by atoms with Crippen LogP contribution in [0.25, 0.3) is 11.0 Å². The van der Waals surface area contributed by atoms with Crippen molar-refractivity contribution in [2.24, 2.45) is 0 Å². The molecule has 0 bridgehead atoms. The lowest BCUT2D eigenvalue weighted by Crippen LogP contribution is -2.51. The minimum atomic E-state index is -1.31. The normalized spacial score (nSPS) is 12.2. The summed E-state index contributed by atoms with van der Waals surface area (Å²) in [6.45, 7) is 5.41. The summed E-state index contributed by atoms with van der Waals surface area (Å²) in [7, 11) is 2.93. The predicted octanol–water partition coefficient (Wildman–Crippen LogP) is 4.67. The molecule has 0 aliphatic rings. The van der Waals surface area contributed by atoms with Crippen molar-refractivity contribution in [1.82, 2.24) is 20.3 Å². The first kappa shape index (κ1) is 27.6. The number of amides is 2. The zero-order valence-corrected chi connectivity index (χ0v) is 22.6. The van der Waals surface area contributed by atoms with E-state index in [2.05, 4.69) is 15.6 Å². The van der Waals surface area contributed by atoms with Crippen molar-refractivity contribution < 1.29 is 23.5 Å². The molecule has 0 aliphatic heterocycles. The molecule has 2 amide bonds. The quantitative estimate of drug-likeness (QED) is 0.318. The molecule has 0 radical (unpaired) electrons. The monoisotopic (exact) mass is 533 g/mol. The van der Waals surface area contributed by atoms with E-state index in [9.17, 15) is 9.59 Å². The number of methoxy groups -OCH3 is 2. The van der Waals surface area contributed by atoms with Crippen LogP contribution in [0.3, 0.4) is 0 Å². The largest absolute Gasteiger partial charge is 0.493 e. The van der Waals surface area contributed by atoms with Crippen LogP contribution in [-0.2, 0) is 16.1 Å². The molecule has 10 heteroatoms. The molecule has 0 saturated carbocycles. The lowest BCUT2D eigenvalue weighted by Gasteiger charge is -2.35. The SMILES string of the molecule is CCC(C)(C)NC(=O)[C@H](c1cccc(OC)c1OC)N(C(=O)Cn1nnc2ccccc21)c1ccccc1F. The molecular weight excluding hydrogens is 501 g/mol. The van der Waals surface area contributed by atoms with Crippen LogP contribution in [0.1, 0.15) is 38.8 Å². The van der Waals surface area contributed by atoms with Crippen LogP contribution in [0.15, 0.2) is 66.7 Å². The number of halogens is 1. The lowest BCUT2D eigenvalue weighted by molar-refractivity contribution is -0.128. The van der Waals surface area contributed by atoms with Crippen LogP contribution in [-0.4, -0.2) is 46.6 Å². The number of carbonyl (C=O) groups is 2. The second-order valence-electron chi connectivity index (χ2n) is 9.66. The highest BCUT2D eigenvalue weighted by Crippen LogP contribution is 2.40. The summed E-state index contributed by atoms with van der Waals surface area (Å²) in [5.41, 5.74) is 0.906. The van der Waals surface area contributed by atoms with E-state index in [1.807, 2.05) is 32.9 Å². The second-order valence-corrected chi connectivity index (χ2v) is 9.66. The molecule has 4 rings (SSSR count). The number of ether oxygens (including phenoxy) is 2. The van der Waals surface area contributed by atoms with Gasteiger partial charge in [0.05, 0.1) is 25.4 Å². The van der Waals surface area contributed by atoms with Gasteiger partial charge in [-0.1, -0.05) is 48.5 Å². The second kappa shape index (κ2) is 11.5. The molecule has 1 atom stereocenters. The predicted molar refractivity (Wildman–Crippen MR) is 146 cm³/mol. The summed E-state index contributed by atoms with van der Waals surface area (Å²) in [5.74, 6) is -1.12. The Kier molecular flexibility index (Phi) is 8.13. The van der Waals surface area contributed by atoms with Crippen molar-refractivity contribution >= 4 is 28.5 Å². The highest BCUT2D eigenvalue weighted by molar-refractivity contribution is 6.02. The van der Waals surface area contributed by atoms with Gasteiger partial charge in [-0.3, -0.25) is 14.5 Å². The van der Waals surface area contributed by atoms with E-state index in [0.717, 1.165) is 4.90 Å². The first-order valence-electron chi connectivity index (χ1n) is 12.6. The van der Waals surface area contributed by atoms with Gasteiger partial charge in [0.25, 0.3) is 0 Å². The fourth-order valence-corrected chi connectivity index (χ4v) is 4.32. The van der Waals surface area contributed by atoms with E-state index in [1.54, 1.807) is 36.4 Å². The van der Waals surface area contributed by atoms with Crippen LogP contribution in [0.5, 0.6) is 11.5 Å². The maximum atomic E-state index is 15.4. The minimum Gasteiger partial charge on any atom is -0.493 e. The van der Waals surface area contributed by atoms with Gasteiger partial charge < -0.3 is 14.8 Å². The number of anilines is 1. The van der Waals surface area contributed by atoms with E-state index in [1.165, 1.54) is 37.1 Å². The fourth-order valence-electron chi connectivity index (χ4n) is 4.32. The van der Waals surface area contributed by atoms with Crippen LogP contribution in [0.2, 0.25) is 0 Å². The smallest absolute Gasteiger partial charge is 0.249 e. The highest BCUT2D eigenvalue weighted by atomic mass is 19.1. The summed E-state index contributed by atoms with van der Waals surface area (Å²) in [6.07, 6.45) is 0.624. The molecule has 0 spiro atoms. The standard InChI is InChI=1S/C29H32FN5O4/c1-6-29(2,3)31-28(37)26(19-12-11-17-24(38-4)27(19)39-5)35(22-15-9-7-13-20(22)30)25(36)18-34-23-16-10-8-14-21(23)32-33-34/h7-17,26H,6,18H2,1-5H3,(H,31,37)/t26-/m0/s1. The van der Waals surface area contributed by atoms with Gasteiger partial charge in [-0.2, -0.15) is 0 Å². The molecule has 4 aromatic rings. The van der Waals surface area contributed by atoms with Gasteiger partial charge in [-0.05, 0) is 50.6 Å². The van der Waals surface area contributed by atoms with Crippen molar-refractivity contribution in [1.29, 1.82) is 0 Å². The summed E-state index contributed by atoms with van der Waals surface area (Å²) >= 11 is 0. The zero-order chi connectivity index (χ0) is 28.2. The van der Waals surface area contributed by atoms with Gasteiger partial charge >= 0.3 is 0 Å². The molecule has 1 heterocycles. The van der Waals surface area contributed by atoms with E-state index in [-0.39, 0.29) is 18.0 Å². The third kappa shape index (κ3) is 5.69. The third-order valence-electron chi connectivity index (χ3n) is 6.67. The summed E-state index contributed by atoms with van der Waals surface area (Å²) in [4.78, 5) is 29.4. The molecular formula is C29H32FN5O4. The lowest BCUT2D eigenvalue weighted by atomic mass is 9.97. The number of hydrogen-bond donors (Lipinski definition) is 1. The van der Waals surface area contributed by atoms with E-state index in [4.69, 9.17) is 9.47 Å². The summed E-state index contributed by atoms with van der Waals surface area (Å²) in [5, 5.41) is 11.3. The van der Waals surface area contributed by atoms with Gasteiger partial charge in [0.2, 0.25) is 11.8 Å². The topological polar surface area (TPSA) is 98.6 Å². The molecule has 1 N–H and O–H groups in total. The van der Waals surface area contributed by atoms with Crippen molar-refractivity contribution in [2.75, 3.05) is 19.1 Å². The van der Waals surface area contributed by atoms with Crippen molar-refractivity contribution in [3.8, 4) is 11.5 Å². The highest BCUT2D eigenvalue weighted by Gasteiger charge is 2.38. The Morgan fingerprint density at radius 3 is 2.44 bits per heavy atom. The Labute approximate surface area is 226 Å². The average Bonchev–Trinajstić information content (AvgIpc) is 3.34. The van der Waals surface area contributed by atoms with Gasteiger partial charge in [0.1, 0.15) is 23.9 Å². The molecule has 9 nitrogen and oxygen atoms in total.